The number of phenolic OH excluding ortho intramolecular Hbond substituents is 1. The minimum Gasteiger partial charge on any atom is -0.508 e. The maximum Gasteiger partial charge on any atom is 0.331 e. The van der Waals surface area contributed by atoms with Crippen LogP contribution in [-0.2, 0) is 10.2 Å². The van der Waals surface area contributed by atoms with Crippen LogP contribution in [-0.4, -0.2) is 39.5 Å². The summed E-state index contributed by atoms with van der Waals surface area (Å²) in [7, 11) is 6.31. The summed E-state index contributed by atoms with van der Waals surface area (Å²) in [6.45, 7) is 0. The van der Waals surface area contributed by atoms with Crippen LogP contribution < -0.4 is 23.7 Å². The van der Waals surface area contributed by atoms with Crippen LogP contribution in [0.3, 0.4) is 0 Å². The lowest BCUT2D eigenvalue weighted by Crippen LogP contribution is -2.37. The van der Waals surface area contributed by atoms with Gasteiger partial charge < -0.3 is 28.8 Å². The van der Waals surface area contributed by atoms with Gasteiger partial charge in [-0.15, -0.1) is 0 Å². The molecular weight excluding hydrogens is 496 g/mol. The lowest BCUT2D eigenvalue weighted by Gasteiger charge is -2.29. The molecule has 0 aliphatic carbocycles. The van der Waals surface area contributed by atoms with Crippen LogP contribution in [0.4, 0.5) is 0 Å². The third-order valence-electron chi connectivity index (χ3n) is 6.88. The average molecular weight is 525 g/mol. The molecule has 1 aliphatic heterocycles. The van der Waals surface area contributed by atoms with E-state index in [9.17, 15) is 9.90 Å². The highest BCUT2D eigenvalue weighted by Gasteiger charge is 2.54. The van der Waals surface area contributed by atoms with Crippen LogP contribution in [0.5, 0.6) is 34.5 Å². The zero-order valence-electron chi connectivity index (χ0n) is 22.1. The van der Waals surface area contributed by atoms with E-state index in [0.29, 0.717) is 39.5 Å². The number of phenols is 1. The average Bonchev–Trinajstić information content (AvgIpc) is 3.27. The second-order valence-electron chi connectivity index (χ2n) is 8.98. The number of hydrogen-bond acceptors (Lipinski definition) is 7. The second kappa shape index (κ2) is 10.5. The van der Waals surface area contributed by atoms with Gasteiger partial charge in [0.1, 0.15) is 39.9 Å². The molecular formula is C32H28O7. The highest BCUT2D eigenvalue weighted by Crippen LogP contribution is 2.53. The maximum atomic E-state index is 14.1. The minimum atomic E-state index is -1.39. The molecule has 1 unspecified atom stereocenters. The summed E-state index contributed by atoms with van der Waals surface area (Å²) in [5.74, 6) is 2.17. The number of fused-ring (bicyclic) bond motifs is 1. The predicted octanol–water partition coefficient (Wildman–Crippen LogP) is 5.85. The molecule has 0 amide bonds. The Morgan fingerprint density at radius 2 is 1.23 bits per heavy atom. The maximum absolute atomic E-state index is 14.1. The molecule has 1 atom stereocenters. The molecule has 0 saturated heterocycles. The van der Waals surface area contributed by atoms with Gasteiger partial charge in [0, 0.05) is 17.7 Å². The summed E-state index contributed by atoms with van der Waals surface area (Å²) in [5, 5.41) is 10.6. The Labute approximate surface area is 226 Å². The number of carbonyl (C=O) groups excluding carboxylic acids is 1. The summed E-state index contributed by atoms with van der Waals surface area (Å²) in [5.41, 5.74) is 1.98. The minimum absolute atomic E-state index is 0.0234. The molecule has 1 aliphatic rings. The molecule has 4 aromatic carbocycles. The fourth-order valence-corrected chi connectivity index (χ4v) is 4.97. The first-order chi connectivity index (χ1) is 18.9. The SMILES string of the molecule is COc1ccc(/C=C/c2cc(O)cc3c2C(c2ccc(OC)cc2)(c2cc(OC)cc(OC)c2)C(=O)O3)cc1. The number of benzene rings is 4. The zero-order valence-corrected chi connectivity index (χ0v) is 22.1. The number of hydrogen-bond donors (Lipinski definition) is 1. The van der Waals surface area contributed by atoms with Crippen molar-refractivity contribution in [1.29, 1.82) is 0 Å². The third kappa shape index (κ3) is 4.52. The predicted molar refractivity (Wildman–Crippen MR) is 148 cm³/mol. The Morgan fingerprint density at radius 1 is 0.667 bits per heavy atom. The van der Waals surface area contributed by atoms with Crippen molar-refractivity contribution in [3.63, 3.8) is 0 Å². The number of esters is 1. The molecule has 1 N–H and O–H groups in total. The molecule has 5 rings (SSSR count). The molecule has 4 aromatic rings. The Kier molecular flexibility index (Phi) is 6.90. The number of ether oxygens (including phenoxy) is 5. The van der Waals surface area contributed by atoms with Gasteiger partial charge in [0.05, 0.1) is 28.4 Å². The van der Waals surface area contributed by atoms with E-state index in [-0.39, 0.29) is 11.5 Å². The highest BCUT2D eigenvalue weighted by molar-refractivity contribution is 6.00. The largest absolute Gasteiger partial charge is 0.508 e. The lowest BCUT2D eigenvalue weighted by atomic mass is 9.68. The molecule has 0 saturated carbocycles. The smallest absolute Gasteiger partial charge is 0.331 e. The number of carbonyl (C=O) groups is 1. The van der Waals surface area contributed by atoms with Gasteiger partial charge in [0.25, 0.3) is 0 Å². The third-order valence-corrected chi connectivity index (χ3v) is 6.88. The Bertz CT molecular complexity index is 1520. The van der Waals surface area contributed by atoms with Crippen LogP contribution in [0.2, 0.25) is 0 Å². The summed E-state index contributed by atoms with van der Waals surface area (Å²) in [4.78, 5) is 14.1. The van der Waals surface area contributed by atoms with Crippen LogP contribution >= 0.6 is 0 Å². The van der Waals surface area contributed by atoms with Crippen LogP contribution in [0.1, 0.15) is 27.8 Å². The van der Waals surface area contributed by atoms with Crippen LogP contribution in [0, 0.1) is 0 Å². The normalized spacial score (nSPS) is 16.1. The van der Waals surface area contributed by atoms with Crippen molar-refractivity contribution in [3.8, 4) is 34.5 Å². The highest BCUT2D eigenvalue weighted by atomic mass is 16.5. The molecule has 0 aromatic heterocycles. The Hall–Kier alpha value is -4.91. The molecule has 198 valence electrons. The van der Waals surface area contributed by atoms with Gasteiger partial charge in [0.15, 0.2) is 0 Å². The first kappa shape index (κ1) is 25.7. The number of aromatic hydroxyl groups is 1. The van der Waals surface area contributed by atoms with Crippen molar-refractivity contribution in [2.75, 3.05) is 28.4 Å². The topological polar surface area (TPSA) is 83.5 Å². The zero-order chi connectivity index (χ0) is 27.6. The Morgan fingerprint density at radius 3 is 1.79 bits per heavy atom. The molecule has 7 nitrogen and oxygen atoms in total. The van der Waals surface area contributed by atoms with Crippen molar-refractivity contribution in [1.82, 2.24) is 0 Å². The summed E-state index contributed by atoms with van der Waals surface area (Å²) in [6.07, 6.45) is 3.76. The van der Waals surface area contributed by atoms with Crippen molar-refractivity contribution in [2.24, 2.45) is 0 Å². The van der Waals surface area contributed by atoms with Crippen LogP contribution in [0.15, 0.2) is 78.9 Å². The van der Waals surface area contributed by atoms with Gasteiger partial charge in [-0.25, -0.2) is 4.79 Å². The summed E-state index contributed by atoms with van der Waals surface area (Å²) >= 11 is 0. The van der Waals surface area contributed by atoms with Gasteiger partial charge in [-0.3, -0.25) is 0 Å². The summed E-state index contributed by atoms with van der Waals surface area (Å²) < 4.78 is 27.6. The molecule has 0 bridgehead atoms. The van der Waals surface area contributed by atoms with E-state index in [1.807, 2.05) is 48.6 Å². The van der Waals surface area contributed by atoms with Crippen molar-refractivity contribution >= 4 is 18.1 Å². The standard InChI is InChI=1S/C32H28O7/c1-35-25-11-6-20(7-12-25)5-8-21-15-24(33)18-29-30(21)32(31(34)39-29,22-9-13-26(36-2)14-10-22)23-16-27(37-3)19-28(17-23)38-4/h5-19,33H,1-4H3/b8-5+. The van der Waals surface area contributed by atoms with E-state index in [2.05, 4.69) is 0 Å². The van der Waals surface area contributed by atoms with Crippen molar-refractivity contribution < 1.29 is 33.6 Å². The molecule has 7 heteroatoms. The van der Waals surface area contributed by atoms with Gasteiger partial charge in [0.2, 0.25) is 0 Å². The van der Waals surface area contributed by atoms with Gasteiger partial charge >= 0.3 is 5.97 Å². The number of rotatable bonds is 8. The van der Waals surface area contributed by atoms with Gasteiger partial charge in [-0.05, 0) is 64.7 Å². The van der Waals surface area contributed by atoms with Gasteiger partial charge in [-0.2, -0.15) is 0 Å². The second-order valence-corrected chi connectivity index (χ2v) is 8.98. The van der Waals surface area contributed by atoms with Gasteiger partial charge in [-0.1, -0.05) is 36.4 Å². The molecule has 1 heterocycles. The fraction of sp³-hybridized carbons (Fsp3) is 0.156. The Balaban J connectivity index is 1.79. The van der Waals surface area contributed by atoms with E-state index < -0.39 is 11.4 Å². The van der Waals surface area contributed by atoms with E-state index in [1.54, 1.807) is 64.8 Å². The molecule has 39 heavy (non-hydrogen) atoms. The first-order valence-electron chi connectivity index (χ1n) is 12.2. The quantitative estimate of drug-likeness (QED) is 0.176. The van der Waals surface area contributed by atoms with E-state index in [0.717, 1.165) is 11.3 Å². The fourth-order valence-electron chi connectivity index (χ4n) is 4.97. The monoisotopic (exact) mass is 524 g/mol. The molecule has 0 spiro atoms. The lowest BCUT2D eigenvalue weighted by molar-refractivity contribution is -0.135. The van der Waals surface area contributed by atoms with E-state index >= 15 is 0 Å². The molecule has 0 radical (unpaired) electrons. The first-order valence-corrected chi connectivity index (χ1v) is 12.2. The van der Waals surface area contributed by atoms with Crippen molar-refractivity contribution in [2.45, 2.75) is 5.41 Å². The molecule has 0 fully saturated rings. The van der Waals surface area contributed by atoms with Crippen LogP contribution in [0.25, 0.3) is 12.2 Å². The van der Waals surface area contributed by atoms with E-state index in [4.69, 9.17) is 23.7 Å². The van der Waals surface area contributed by atoms with E-state index in [1.165, 1.54) is 6.07 Å². The van der Waals surface area contributed by atoms with Crippen molar-refractivity contribution in [3.05, 3.63) is 107 Å². The number of methoxy groups -OCH3 is 4. The summed E-state index contributed by atoms with van der Waals surface area (Å²) in [6, 6.07) is 23.3.